The number of carboxylic acids is 1. The predicted molar refractivity (Wildman–Crippen MR) is 105 cm³/mol. The SMILES string of the molecule is O=C(O)CCNC(=O)CCc1cn(CCC2CC[NH2+]CC2)c2ccccc12.[Cl-]. The lowest BCUT2D eigenvalue weighted by Crippen LogP contribution is -3.00. The van der Waals surface area contributed by atoms with Gasteiger partial charge in [-0.15, -0.1) is 0 Å². The second kappa shape index (κ2) is 11.1. The van der Waals surface area contributed by atoms with Gasteiger partial charge in [0, 0.05) is 36.6 Å². The van der Waals surface area contributed by atoms with Crippen molar-refractivity contribution in [3.05, 3.63) is 36.0 Å². The monoisotopic (exact) mass is 407 g/mol. The normalized spacial score (nSPS) is 14.6. The van der Waals surface area contributed by atoms with Crippen LogP contribution in [0.2, 0.25) is 0 Å². The van der Waals surface area contributed by atoms with Crippen LogP contribution in [0.3, 0.4) is 0 Å². The zero-order chi connectivity index (χ0) is 19.1. The molecular formula is C21H30ClN3O3. The molecule has 7 heteroatoms. The van der Waals surface area contributed by atoms with Crippen LogP contribution < -0.4 is 23.0 Å². The standard InChI is InChI=1S/C21H29N3O3.ClH/c25-20(23-13-9-21(26)27)6-5-17-15-24(19-4-2-1-3-18(17)19)14-10-16-7-11-22-12-8-16;/h1-4,15-16,22H,5-14H2,(H,23,25)(H,26,27);1H. The molecular weight excluding hydrogens is 378 g/mol. The zero-order valence-electron chi connectivity index (χ0n) is 16.2. The first-order chi connectivity index (χ1) is 13.1. The molecule has 1 fully saturated rings. The van der Waals surface area contributed by atoms with E-state index in [0.29, 0.717) is 12.8 Å². The number of fused-ring (bicyclic) bond motifs is 1. The summed E-state index contributed by atoms with van der Waals surface area (Å²) >= 11 is 0. The van der Waals surface area contributed by atoms with Crippen LogP contribution in [0.5, 0.6) is 0 Å². The highest BCUT2D eigenvalue weighted by atomic mass is 35.5. The van der Waals surface area contributed by atoms with Gasteiger partial charge < -0.3 is 32.7 Å². The van der Waals surface area contributed by atoms with Crippen molar-refractivity contribution in [3.63, 3.8) is 0 Å². The Hall–Kier alpha value is -2.05. The van der Waals surface area contributed by atoms with Crippen molar-refractivity contribution in [1.82, 2.24) is 9.88 Å². The topological polar surface area (TPSA) is 87.9 Å². The van der Waals surface area contributed by atoms with Crippen LogP contribution in [0.1, 0.15) is 37.7 Å². The van der Waals surface area contributed by atoms with Gasteiger partial charge in [0.05, 0.1) is 19.5 Å². The molecule has 2 aromatic rings. The van der Waals surface area contributed by atoms with Crippen LogP contribution in [0.4, 0.5) is 0 Å². The average Bonchev–Trinajstić information content (AvgIpc) is 3.03. The minimum atomic E-state index is -0.894. The van der Waals surface area contributed by atoms with Gasteiger partial charge in [-0.2, -0.15) is 0 Å². The van der Waals surface area contributed by atoms with E-state index in [2.05, 4.69) is 39.6 Å². The van der Waals surface area contributed by atoms with Crippen molar-refractivity contribution in [2.24, 2.45) is 5.92 Å². The Morgan fingerprint density at radius 1 is 1.18 bits per heavy atom. The molecule has 1 aromatic heterocycles. The third-order valence-electron chi connectivity index (χ3n) is 5.49. The quantitative estimate of drug-likeness (QED) is 0.474. The Kier molecular flexibility index (Phi) is 8.80. The predicted octanol–water partition coefficient (Wildman–Crippen LogP) is -1.47. The smallest absolute Gasteiger partial charge is 0.305 e. The van der Waals surface area contributed by atoms with Gasteiger partial charge in [-0.1, -0.05) is 18.2 Å². The number of para-hydroxylation sites is 1. The number of amides is 1. The molecule has 6 nitrogen and oxygen atoms in total. The van der Waals surface area contributed by atoms with E-state index >= 15 is 0 Å². The van der Waals surface area contributed by atoms with Crippen molar-refractivity contribution in [1.29, 1.82) is 0 Å². The number of benzene rings is 1. The fourth-order valence-corrected chi connectivity index (χ4v) is 3.96. The molecule has 1 aliphatic heterocycles. The number of quaternary nitrogens is 1. The highest BCUT2D eigenvalue weighted by molar-refractivity contribution is 5.85. The number of halogens is 1. The minimum Gasteiger partial charge on any atom is -1.00 e. The van der Waals surface area contributed by atoms with Gasteiger partial charge in [0.15, 0.2) is 0 Å². The van der Waals surface area contributed by atoms with Gasteiger partial charge in [-0.25, -0.2) is 0 Å². The second-order valence-corrected chi connectivity index (χ2v) is 7.46. The maximum absolute atomic E-state index is 12.0. The molecule has 1 amide bonds. The lowest BCUT2D eigenvalue weighted by Gasteiger charge is -2.20. The number of piperidine rings is 1. The second-order valence-electron chi connectivity index (χ2n) is 7.46. The Morgan fingerprint density at radius 2 is 1.93 bits per heavy atom. The zero-order valence-corrected chi connectivity index (χ0v) is 17.0. The largest absolute Gasteiger partial charge is 1.00 e. The molecule has 3 rings (SSSR count). The summed E-state index contributed by atoms with van der Waals surface area (Å²) in [7, 11) is 0. The number of aliphatic carboxylic acids is 1. The van der Waals surface area contributed by atoms with Crippen molar-refractivity contribution in [2.75, 3.05) is 19.6 Å². The van der Waals surface area contributed by atoms with E-state index in [1.807, 2.05) is 6.07 Å². The van der Waals surface area contributed by atoms with Crippen LogP contribution >= 0.6 is 0 Å². The van der Waals surface area contributed by atoms with E-state index < -0.39 is 5.97 Å². The van der Waals surface area contributed by atoms with E-state index in [1.165, 1.54) is 48.8 Å². The van der Waals surface area contributed by atoms with Crippen LogP contribution in [0, 0.1) is 5.92 Å². The maximum atomic E-state index is 12.0. The number of nitrogens with zero attached hydrogens (tertiary/aromatic N) is 1. The summed E-state index contributed by atoms with van der Waals surface area (Å²) in [6, 6.07) is 8.39. The third-order valence-corrected chi connectivity index (χ3v) is 5.49. The molecule has 1 aliphatic rings. The number of aryl methyl sites for hydroxylation is 2. The Labute approximate surface area is 172 Å². The molecule has 1 aromatic carbocycles. The number of hydrogen-bond donors (Lipinski definition) is 3. The third kappa shape index (κ3) is 6.24. The van der Waals surface area contributed by atoms with E-state index in [0.717, 1.165) is 12.5 Å². The van der Waals surface area contributed by atoms with E-state index in [-0.39, 0.29) is 31.3 Å². The molecule has 0 bridgehead atoms. The number of carbonyl (C=O) groups excluding carboxylic acids is 1. The first-order valence-corrected chi connectivity index (χ1v) is 10.0. The highest BCUT2D eigenvalue weighted by Crippen LogP contribution is 2.24. The van der Waals surface area contributed by atoms with E-state index in [4.69, 9.17) is 5.11 Å². The molecule has 154 valence electrons. The molecule has 0 aliphatic carbocycles. The van der Waals surface area contributed by atoms with Crippen molar-refractivity contribution >= 4 is 22.8 Å². The van der Waals surface area contributed by atoms with Crippen molar-refractivity contribution in [2.45, 2.75) is 45.1 Å². The van der Waals surface area contributed by atoms with Crippen LogP contribution in [-0.2, 0) is 22.6 Å². The number of nitrogens with two attached hydrogens (primary N) is 1. The summed E-state index contributed by atoms with van der Waals surface area (Å²) in [5.74, 6) is -0.166. The lowest BCUT2D eigenvalue weighted by molar-refractivity contribution is -0.664. The van der Waals surface area contributed by atoms with Gasteiger partial charge in [-0.05, 0) is 43.2 Å². The Balaban J connectivity index is 0.00000280. The van der Waals surface area contributed by atoms with E-state index in [9.17, 15) is 9.59 Å². The van der Waals surface area contributed by atoms with Gasteiger partial charge in [0.2, 0.25) is 5.91 Å². The molecule has 2 heterocycles. The van der Waals surface area contributed by atoms with Gasteiger partial charge >= 0.3 is 5.97 Å². The van der Waals surface area contributed by atoms with E-state index in [1.54, 1.807) is 0 Å². The van der Waals surface area contributed by atoms with Crippen LogP contribution in [0.25, 0.3) is 10.9 Å². The molecule has 0 unspecified atom stereocenters. The fraction of sp³-hybridized carbons (Fsp3) is 0.524. The molecule has 1 saturated heterocycles. The summed E-state index contributed by atoms with van der Waals surface area (Å²) in [6.07, 6.45) is 7.04. The Morgan fingerprint density at radius 3 is 2.68 bits per heavy atom. The Bertz CT molecular complexity index is 784. The molecule has 0 saturated carbocycles. The molecule has 0 atom stereocenters. The summed E-state index contributed by atoms with van der Waals surface area (Å²) in [4.78, 5) is 22.5. The summed E-state index contributed by atoms with van der Waals surface area (Å²) < 4.78 is 2.34. The van der Waals surface area contributed by atoms with Crippen molar-refractivity contribution < 1.29 is 32.4 Å². The molecule has 4 N–H and O–H groups in total. The number of rotatable bonds is 9. The molecule has 28 heavy (non-hydrogen) atoms. The maximum Gasteiger partial charge on any atom is 0.305 e. The summed E-state index contributed by atoms with van der Waals surface area (Å²) in [5.41, 5.74) is 2.43. The van der Waals surface area contributed by atoms with Gasteiger partial charge in [0.1, 0.15) is 0 Å². The summed E-state index contributed by atoms with van der Waals surface area (Å²) in [6.45, 7) is 3.71. The van der Waals surface area contributed by atoms with Crippen LogP contribution in [-0.4, -0.2) is 41.2 Å². The first kappa shape index (κ1) is 22.2. The van der Waals surface area contributed by atoms with Gasteiger partial charge in [0.25, 0.3) is 0 Å². The molecule has 0 spiro atoms. The van der Waals surface area contributed by atoms with Crippen LogP contribution in [0.15, 0.2) is 30.5 Å². The number of carboxylic acid groups (broad SMARTS) is 1. The number of aromatic nitrogens is 1. The lowest BCUT2D eigenvalue weighted by atomic mass is 9.95. The number of carbonyl (C=O) groups is 2. The van der Waals surface area contributed by atoms with Gasteiger partial charge in [-0.3, -0.25) is 9.59 Å². The summed E-state index contributed by atoms with van der Waals surface area (Å²) in [5, 5.41) is 14.9. The average molecular weight is 408 g/mol. The highest BCUT2D eigenvalue weighted by Gasteiger charge is 2.16. The first-order valence-electron chi connectivity index (χ1n) is 10.0. The number of nitrogens with one attached hydrogen (secondary N) is 1. The minimum absolute atomic E-state index is 0. The number of hydrogen-bond acceptors (Lipinski definition) is 2. The fourth-order valence-electron chi connectivity index (χ4n) is 3.96. The van der Waals surface area contributed by atoms with Crippen molar-refractivity contribution in [3.8, 4) is 0 Å². The molecule has 0 radical (unpaired) electrons.